The number of carbonyl (C=O) groups is 2. The number of carboxylic acid groups (broad SMARTS) is 1. The van der Waals surface area contributed by atoms with Crippen LogP contribution in [0.2, 0.25) is 0 Å². The average molecular weight is 342 g/mol. The highest BCUT2D eigenvalue weighted by Gasteiger charge is 2.33. The number of piperidine rings is 1. The molecule has 1 saturated carbocycles. The van der Waals surface area contributed by atoms with Crippen LogP contribution >= 0.6 is 0 Å². The van der Waals surface area contributed by atoms with Crippen LogP contribution < -0.4 is 0 Å². The van der Waals surface area contributed by atoms with Crippen molar-refractivity contribution in [2.45, 2.75) is 37.5 Å². The first-order chi connectivity index (χ1) is 12.1. The Bertz CT molecular complexity index is 814. The SMILES string of the molecule is O=C(O)c1cccc(C(=O)N2CCC[C@@H](c3noc(C4CC4)n3)C2)n1. The van der Waals surface area contributed by atoms with Gasteiger partial charge in [-0.15, -0.1) is 0 Å². The van der Waals surface area contributed by atoms with Crippen molar-refractivity contribution in [3.63, 3.8) is 0 Å². The number of aromatic nitrogens is 3. The number of nitrogens with zero attached hydrogens (tertiary/aromatic N) is 4. The lowest BCUT2D eigenvalue weighted by Crippen LogP contribution is -2.39. The Morgan fingerprint density at radius 1 is 1.12 bits per heavy atom. The molecule has 0 radical (unpaired) electrons. The minimum Gasteiger partial charge on any atom is -0.477 e. The molecule has 0 aromatic carbocycles. The van der Waals surface area contributed by atoms with Gasteiger partial charge in [-0.05, 0) is 37.8 Å². The predicted molar refractivity (Wildman–Crippen MR) is 85.3 cm³/mol. The van der Waals surface area contributed by atoms with Crippen LogP contribution in [0.25, 0.3) is 0 Å². The molecule has 0 bridgehead atoms. The number of aromatic carboxylic acids is 1. The average Bonchev–Trinajstić information content (AvgIpc) is 3.38. The van der Waals surface area contributed by atoms with Gasteiger partial charge >= 0.3 is 5.97 Å². The molecule has 2 aliphatic rings. The van der Waals surface area contributed by atoms with Crippen molar-refractivity contribution < 1.29 is 19.2 Å². The lowest BCUT2D eigenvalue weighted by molar-refractivity contribution is 0.0686. The fourth-order valence-electron chi connectivity index (χ4n) is 3.12. The van der Waals surface area contributed by atoms with Gasteiger partial charge in [-0.3, -0.25) is 4.79 Å². The van der Waals surface area contributed by atoms with Crippen molar-refractivity contribution in [3.05, 3.63) is 41.3 Å². The summed E-state index contributed by atoms with van der Waals surface area (Å²) < 4.78 is 5.32. The van der Waals surface area contributed by atoms with Gasteiger partial charge in [0.15, 0.2) is 5.82 Å². The Kier molecular flexibility index (Phi) is 3.95. The van der Waals surface area contributed by atoms with Gasteiger partial charge in [0.25, 0.3) is 5.91 Å². The van der Waals surface area contributed by atoms with Gasteiger partial charge in [0.2, 0.25) is 5.89 Å². The minimum absolute atomic E-state index is 0.0385. The maximum absolute atomic E-state index is 12.7. The summed E-state index contributed by atoms with van der Waals surface area (Å²) in [6, 6.07) is 4.45. The van der Waals surface area contributed by atoms with Gasteiger partial charge in [0, 0.05) is 24.9 Å². The molecule has 2 aromatic rings. The molecule has 8 heteroatoms. The lowest BCUT2D eigenvalue weighted by Gasteiger charge is -2.31. The molecule has 4 rings (SSSR count). The molecule has 1 aliphatic carbocycles. The molecule has 8 nitrogen and oxygen atoms in total. The fourth-order valence-corrected chi connectivity index (χ4v) is 3.12. The molecule has 1 amide bonds. The summed E-state index contributed by atoms with van der Waals surface area (Å²) in [5.41, 5.74) is 0.0129. The minimum atomic E-state index is -1.15. The van der Waals surface area contributed by atoms with Gasteiger partial charge in [0.05, 0.1) is 0 Å². The van der Waals surface area contributed by atoms with E-state index in [-0.39, 0.29) is 23.2 Å². The molecule has 1 atom stereocenters. The zero-order valence-corrected chi connectivity index (χ0v) is 13.6. The second kappa shape index (κ2) is 6.27. The zero-order valence-electron chi connectivity index (χ0n) is 13.6. The smallest absolute Gasteiger partial charge is 0.354 e. The summed E-state index contributed by atoms with van der Waals surface area (Å²) in [7, 11) is 0. The number of amides is 1. The molecule has 1 N–H and O–H groups in total. The van der Waals surface area contributed by atoms with Crippen molar-refractivity contribution in [1.29, 1.82) is 0 Å². The number of hydrogen-bond donors (Lipinski definition) is 1. The van der Waals surface area contributed by atoms with E-state index in [0.717, 1.165) is 25.7 Å². The number of carboxylic acids is 1. The Morgan fingerprint density at radius 3 is 2.68 bits per heavy atom. The largest absolute Gasteiger partial charge is 0.477 e. The van der Waals surface area contributed by atoms with Crippen LogP contribution in [-0.4, -0.2) is 50.1 Å². The van der Waals surface area contributed by atoms with Crippen molar-refractivity contribution >= 4 is 11.9 Å². The van der Waals surface area contributed by atoms with Crippen LogP contribution in [0.4, 0.5) is 0 Å². The quantitative estimate of drug-likeness (QED) is 0.905. The first-order valence-corrected chi connectivity index (χ1v) is 8.45. The highest BCUT2D eigenvalue weighted by molar-refractivity contribution is 5.94. The van der Waals surface area contributed by atoms with E-state index in [1.807, 2.05) is 0 Å². The molecule has 2 fully saturated rings. The zero-order chi connectivity index (χ0) is 17.4. The predicted octanol–water partition coefficient (Wildman–Crippen LogP) is 2.06. The molecular weight excluding hydrogens is 324 g/mol. The first-order valence-electron chi connectivity index (χ1n) is 8.45. The molecular formula is C17H18N4O4. The van der Waals surface area contributed by atoms with Gasteiger partial charge in [-0.2, -0.15) is 4.98 Å². The van der Waals surface area contributed by atoms with E-state index in [4.69, 9.17) is 9.63 Å². The summed E-state index contributed by atoms with van der Waals surface area (Å²) in [4.78, 5) is 33.8. The maximum atomic E-state index is 12.7. The van der Waals surface area contributed by atoms with Gasteiger partial charge in [-0.25, -0.2) is 9.78 Å². The summed E-state index contributed by atoms with van der Waals surface area (Å²) in [6.07, 6.45) is 3.93. The second-order valence-corrected chi connectivity index (χ2v) is 6.57. The van der Waals surface area contributed by atoms with Crippen molar-refractivity contribution in [2.75, 3.05) is 13.1 Å². The summed E-state index contributed by atoms with van der Waals surface area (Å²) in [5.74, 6) is 0.396. The van der Waals surface area contributed by atoms with E-state index < -0.39 is 5.97 Å². The Balaban J connectivity index is 1.49. The van der Waals surface area contributed by atoms with Crippen LogP contribution in [0.15, 0.2) is 22.7 Å². The van der Waals surface area contributed by atoms with Gasteiger partial charge < -0.3 is 14.5 Å². The molecule has 0 spiro atoms. The van der Waals surface area contributed by atoms with Crippen LogP contribution in [0.5, 0.6) is 0 Å². The summed E-state index contributed by atoms with van der Waals surface area (Å²) >= 11 is 0. The molecule has 1 aliphatic heterocycles. The number of rotatable bonds is 4. The Labute approximate surface area is 143 Å². The molecule has 1 saturated heterocycles. The van der Waals surface area contributed by atoms with Crippen molar-refractivity contribution in [1.82, 2.24) is 20.0 Å². The third-order valence-corrected chi connectivity index (χ3v) is 4.65. The number of hydrogen-bond acceptors (Lipinski definition) is 6. The van der Waals surface area contributed by atoms with Crippen molar-refractivity contribution in [2.24, 2.45) is 0 Å². The highest BCUT2D eigenvalue weighted by atomic mass is 16.5. The van der Waals surface area contributed by atoms with E-state index in [1.165, 1.54) is 18.2 Å². The van der Waals surface area contributed by atoms with Crippen LogP contribution in [-0.2, 0) is 0 Å². The van der Waals surface area contributed by atoms with Crippen molar-refractivity contribution in [3.8, 4) is 0 Å². The molecule has 2 aromatic heterocycles. The number of carbonyl (C=O) groups excluding carboxylic acids is 1. The van der Waals surface area contributed by atoms with Crippen LogP contribution in [0.1, 0.15) is 70.2 Å². The van der Waals surface area contributed by atoms with Crippen LogP contribution in [0.3, 0.4) is 0 Å². The molecule has 3 heterocycles. The van der Waals surface area contributed by atoms with E-state index in [0.29, 0.717) is 30.7 Å². The Morgan fingerprint density at radius 2 is 1.92 bits per heavy atom. The normalized spacial score (nSPS) is 20.5. The van der Waals surface area contributed by atoms with E-state index in [9.17, 15) is 9.59 Å². The van der Waals surface area contributed by atoms with E-state index in [2.05, 4.69) is 15.1 Å². The molecule has 25 heavy (non-hydrogen) atoms. The molecule has 0 unspecified atom stereocenters. The standard InChI is InChI=1S/C17H18N4O4/c22-16(12-4-1-5-13(18-12)17(23)24)21-8-2-3-11(9-21)14-19-15(25-20-14)10-6-7-10/h1,4-5,10-11H,2-3,6-9H2,(H,23,24)/t11-/m1/s1. The number of likely N-dealkylation sites (tertiary alicyclic amines) is 1. The monoisotopic (exact) mass is 342 g/mol. The number of pyridine rings is 1. The molecule has 130 valence electrons. The third-order valence-electron chi connectivity index (χ3n) is 4.65. The topological polar surface area (TPSA) is 109 Å². The lowest BCUT2D eigenvalue weighted by atomic mass is 9.97. The highest BCUT2D eigenvalue weighted by Crippen LogP contribution is 2.39. The van der Waals surface area contributed by atoms with E-state index >= 15 is 0 Å². The summed E-state index contributed by atoms with van der Waals surface area (Å²) in [5, 5.41) is 13.1. The maximum Gasteiger partial charge on any atom is 0.354 e. The van der Waals surface area contributed by atoms with Crippen LogP contribution in [0, 0.1) is 0 Å². The fraction of sp³-hybridized carbons (Fsp3) is 0.471. The van der Waals surface area contributed by atoms with Gasteiger partial charge in [0.1, 0.15) is 11.4 Å². The third kappa shape index (κ3) is 3.24. The Hall–Kier alpha value is -2.77. The van der Waals surface area contributed by atoms with E-state index in [1.54, 1.807) is 4.90 Å². The van der Waals surface area contributed by atoms with Gasteiger partial charge in [-0.1, -0.05) is 11.2 Å². The summed E-state index contributed by atoms with van der Waals surface area (Å²) in [6.45, 7) is 1.10. The first kappa shape index (κ1) is 15.7. The second-order valence-electron chi connectivity index (χ2n) is 6.57.